The smallest absolute Gasteiger partial charge is 0.229 e. The van der Waals surface area contributed by atoms with Gasteiger partial charge in [-0.25, -0.2) is 4.98 Å². The molecule has 3 heterocycles. The van der Waals surface area contributed by atoms with Gasteiger partial charge in [-0.05, 0) is 74.4 Å². The first kappa shape index (κ1) is 29.8. The minimum Gasteiger partial charge on any atom is -0.371 e. The van der Waals surface area contributed by atoms with Gasteiger partial charge >= 0.3 is 0 Å². The molecule has 0 atom stereocenters. The highest BCUT2D eigenvalue weighted by Gasteiger charge is 2.27. The van der Waals surface area contributed by atoms with Crippen molar-refractivity contribution in [3.8, 4) is 0 Å². The summed E-state index contributed by atoms with van der Waals surface area (Å²) in [6.45, 7) is 14.7. The van der Waals surface area contributed by atoms with Crippen molar-refractivity contribution >= 4 is 52.9 Å². The molecule has 0 saturated carbocycles. The highest BCUT2D eigenvalue weighted by molar-refractivity contribution is 7.70. The fourth-order valence-corrected chi connectivity index (χ4v) is 7.29. The molecule has 10 heteroatoms. The fraction of sp³-hybridized carbons (Fsp3) is 0.484. The van der Waals surface area contributed by atoms with Crippen LogP contribution in [0.3, 0.4) is 0 Å². The number of hydrogen-bond acceptors (Lipinski definition) is 8. The van der Waals surface area contributed by atoms with E-state index in [0.717, 1.165) is 55.7 Å². The zero-order chi connectivity index (χ0) is 29.0. The second-order valence-electron chi connectivity index (χ2n) is 11.4. The predicted molar refractivity (Wildman–Crippen MR) is 174 cm³/mol. The number of nitrogens with zero attached hydrogens (tertiary/aromatic N) is 4. The Kier molecular flexibility index (Phi) is 9.55. The Morgan fingerprint density at radius 3 is 2.37 bits per heavy atom. The molecule has 2 aliphatic rings. The Hall–Kier alpha value is -2.64. The molecule has 0 amide bonds. The molecule has 2 aromatic carbocycles. The van der Waals surface area contributed by atoms with Crippen molar-refractivity contribution in [1.29, 1.82) is 0 Å². The standard InChI is InChI=1S/C31H43ClN7OP/c1-5-22-20-28(39-15-11-24(12-16-39)38-17-13-33-14-18-38)23(6-2)19-27(22)36-31-34-21-25(32)30(37-31)35-26-9-7-8-10-29(26)41(3,4)40/h7-10,19-21,24,33H,5-6,11-18H2,1-4H3,(H2,34,35,36,37). The fourth-order valence-electron chi connectivity index (χ4n) is 5.99. The summed E-state index contributed by atoms with van der Waals surface area (Å²) in [6.07, 6.45) is 5.87. The Balaban J connectivity index is 1.35. The number of piperidine rings is 1. The van der Waals surface area contributed by atoms with Gasteiger partial charge in [0.15, 0.2) is 5.82 Å². The summed E-state index contributed by atoms with van der Waals surface area (Å²) >= 11 is 6.49. The van der Waals surface area contributed by atoms with Crippen molar-refractivity contribution in [2.45, 2.75) is 45.6 Å². The maximum absolute atomic E-state index is 12.9. The minimum absolute atomic E-state index is 0.400. The number of aryl methyl sites for hydroxylation is 2. The van der Waals surface area contributed by atoms with E-state index in [1.54, 1.807) is 19.5 Å². The molecule has 5 rings (SSSR count). The lowest BCUT2D eigenvalue weighted by molar-refractivity contribution is 0.150. The van der Waals surface area contributed by atoms with E-state index in [0.29, 0.717) is 22.8 Å². The first-order valence-corrected chi connectivity index (χ1v) is 17.8. The van der Waals surface area contributed by atoms with Gasteiger partial charge in [0.1, 0.15) is 12.2 Å². The third-order valence-corrected chi connectivity index (χ3v) is 10.1. The molecular weight excluding hydrogens is 553 g/mol. The van der Waals surface area contributed by atoms with Crippen LogP contribution in [0.4, 0.5) is 28.8 Å². The van der Waals surface area contributed by atoms with Crippen molar-refractivity contribution in [2.24, 2.45) is 0 Å². The van der Waals surface area contributed by atoms with Gasteiger partial charge in [0.05, 0.1) is 11.9 Å². The molecule has 0 spiro atoms. The Bertz CT molecular complexity index is 1400. The van der Waals surface area contributed by atoms with Crippen LogP contribution in [0.2, 0.25) is 5.02 Å². The number of hydrogen-bond donors (Lipinski definition) is 3. The summed E-state index contributed by atoms with van der Waals surface area (Å²) in [6, 6.07) is 12.9. The summed E-state index contributed by atoms with van der Waals surface area (Å²) in [5.41, 5.74) is 5.67. The first-order valence-electron chi connectivity index (χ1n) is 14.8. The van der Waals surface area contributed by atoms with Crippen LogP contribution in [-0.2, 0) is 17.4 Å². The van der Waals surface area contributed by atoms with E-state index in [-0.39, 0.29) is 0 Å². The van der Waals surface area contributed by atoms with Gasteiger partial charge in [0.25, 0.3) is 0 Å². The third kappa shape index (κ3) is 7.06. The topological polar surface area (TPSA) is 85.4 Å². The van der Waals surface area contributed by atoms with Gasteiger partial charge in [-0.15, -0.1) is 0 Å². The summed E-state index contributed by atoms with van der Waals surface area (Å²) in [5, 5.41) is 11.4. The number of halogens is 1. The number of piperazine rings is 1. The van der Waals surface area contributed by atoms with Gasteiger partial charge in [0.2, 0.25) is 5.95 Å². The maximum atomic E-state index is 12.9. The number of benzene rings is 2. The zero-order valence-corrected chi connectivity index (χ0v) is 26.4. The van der Waals surface area contributed by atoms with Crippen molar-refractivity contribution in [3.05, 3.63) is 58.7 Å². The number of rotatable bonds is 9. The monoisotopic (exact) mass is 595 g/mol. The molecule has 8 nitrogen and oxygen atoms in total. The minimum atomic E-state index is -2.50. The van der Waals surface area contributed by atoms with Crippen LogP contribution < -0.4 is 26.2 Å². The molecule has 2 fully saturated rings. The van der Waals surface area contributed by atoms with Crippen LogP contribution in [0.25, 0.3) is 0 Å². The van der Waals surface area contributed by atoms with E-state index >= 15 is 0 Å². The van der Waals surface area contributed by atoms with Gasteiger partial charge < -0.3 is 25.4 Å². The second kappa shape index (κ2) is 13.1. The average molecular weight is 596 g/mol. The Labute approximate surface area is 249 Å². The highest BCUT2D eigenvalue weighted by Crippen LogP contribution is 2.39. The summed E-state index contributed by atoms with van der Waals surface area (Å²) in [4.78, 5) is 14.4. The molecular formula is C31H43ClN7OP. The lowest BCUT2D eigenvalue weighted by Crippen LogP contribution is -2.52. The van der Waals surface area contributed by atoms with Crippen molar-refractivity contribution in [1.82, 2.24) is 20.2 Å². The predicted octanol–water partition coefficient (Wildman–Crippen LogP) is 5.86. The quantitative estimate of drug-likeness (QED) is 0.265. The highest BCUT2D eigenvalue weighted by atomic mass is 35.5. The maximum Gasteiger partial charge on any atom is 0.229 e. The molecule has 220 valence electrons. The Morgan fingerprint density at radius 2 is 1.68 bits per heavy atom. The van der Waals surface area contributed by atoms with Crippen LogP contribution in [0.15, 0.2) is 42.6 Å². The second-order valence-corrected chi connectivity index (χ2v) is 14.9. The van der Waals surface area contributed by atoms with E-state index in [9.17, 15) is 4.57 Å². The van der Waals surface area contributed by atoms with Crippen LogP contribution in [0, 0.1) is 0 Å². The SMILES string of the molecule is CCc1cc(N2CCC(N3CCNCC3)CC2)c(CC)cc1Nc1ncc(Cl)c(Nc2ccccc2P(C)(C)=O)n1. The number of aromatic nitrogens is 2. The van der Waals surface area contributed by atoms with E-state index in [1.807, 2.05) is 24.3 Å². The van der Waals surface area contributed by atoms with Crippen LogP contribution >= 0.6 is 18.7 Å². The molecule has 0 radical (unpaired) electrons. The van der Waals surface area contributed by atoms with Gasteiger partial charge in [0, 0.05) is 62.0 Å². The third-order valence-electron chi connectivity index (χ3n) is 8.27. The normalized spacial score (nSPS) is 17.0. The van der Waals surface area contributed by atoms with Crippen LogP contribution in [0.1, 0.15) is 37.8 Å². The molecule has 1 aromatic heterocycles. The molecule has 2 saturated heterocycles. The lowest BCUT2D eigenvalue weighted by Gasteiger charge is -2.41. The molecule has 41 heavy (non-hydrogen) atoms. The number of anilines is 5. The first-order chi connectivity index (χ1) is 19.8. The molecule has 0 aliphatic carbocycles. The summed E-state index contributed by atoms with van der Waals surface area (Å²) < 4.78 is 12.9. The summed E-state index contributed by atoms with van der Waals surface area (Å²) in [5.74, 6) is 0.940. The molecule has 0 unspecified atom stereocenters. The summed E-state index contributed by atoms with van der Waals surface area (Å²) in [7, 11) is -2.50. The molecule has 3 N–H and O–H groups in total. The van der Waals surface area contributed by atoms with Crippen molar-refractivity contribution in [2.75, 3.05) is 68.1 Å². The Morgan fingerprint density at radius 1 is 0.976 bits per heavy atom. The number of nitrogens with one attached hydrogen (secondary N) is 3. The molecule has 2 aliphatic heterocycles. The van der Waals surface area contributed by atoms with Gasteiger partial charge in [-0.1, -0.05) is 37.6 Å². The van der Waals surface area contributed by atoms with Crippen LogP contribution in [0.5, 0.6) is 0 Å². The number of para-hydroxylation sites is 1. The molecule has 3 aromatic rings. The average Bonchev–Trinajstić information content (AvgIpc) is 2.99. The van der Waals surface area contributed by atoms with Crippen molar-refractivity contribution in [3.63, 3.8) is 0 Å². The van der Waals surface area contributed by atoms with Gasteiger partial charge in [-0.3, -0.25) is 4.90 Å². The van der Waals surface area contributed by atoms with Crippen molar-refractivity contribution < 1.29 is 4.57 Å². The molecule has 0 bridgehead atoms. The van der Waals surface area contributed by atoms with E-state index in [4.69, 9.17) is 16.6 Å². The van der Waals surface area contributed by atoms with E-state index in [2.05, 4.69) is 56.7 Å². The van der Waals surface area contributed by atoms with E-state index in [1.165, 1.54) is 42.7 Å². The van der Waals surface area contributed by atoms with Gasteiger partial charge in [-0.2, -0.15) is 4.98 Å². The van der Waals surface area contributed by atoms with Crippen LogP contribution in [-0.4, -0.2) is 73.5 Å². The lowest BCUT2D eigenvalue weighted by atomic mass is 9.97. The zero-order valence-electron chi connectivity index (χ0n) is 24.7. The largest absolute Gasteiger partial charge is 0.371 e. The van der Waals surface area contributed by atoms with E-state index < -0.39 is 7.14 Å².